The van der Waals surface area contributed by atoms with E-state index >= 15 is 0 Å². The molecule has 1 amide bonds. The summed E-state index contributed by atoms with van der Waals surface area (Å²) in [7, 11) is 0. The topological polar surface area (TPSA) is 38.3 Å². The summed E-state index contributed by atoms with van der Waals surface area (Å²) < 4.78 is 5.83. The van der Waals surface area contributed by atoms with Gasteiger partial charge in [0.2, 0.25) is 0 Å². The molecule has 1 aliphatic rings. The molecule has 1 aliphatic carbocycles. The Morgan fingerprint density at radius 2 is 1.88 bits per heavy atom. The third-order valence-electron chi connectivity index (χ3n) is 5.37. The summed E-state index contributed by atoms with van der Waals surface area (Å²) in [5.74, 6) is 1.91. The molecule has 132 valence electrons. The SMILES string of the molecule is CC1CCCC(NC(=O)c2cccc(OCc3ccccc3)c2)C1C. The number of carbonyl (C=O) groups is 1. The third-order valence-corrected chi connectivity index (χ3v) is 5.37. The van der Waals surface area contributed by atoms with Crippen LogP contribution in [0.4, 0.5) is 0 Å². The average molecular weight is 337 g/mol. The van der Waals surface area contributed by atoms with E-state index in [-0.39, 0.29) is 11.9 Å². The first-order valence-corrected chi connectivity index (χ1v) is 9.21. The molecule has 0 heterocycles. The van der Waals surface area contributed by atoms with Crippen molar-refractivity contribution in [2.45, 2.75) is 45.8 Å². The van der Waals surface area contributed by atoms with Crippen molar-refractivity contribution in [3.8, 4) is 5.75 Å². The number of nitrogens with one attached hydrogen (secondary N) is 1. The molecule has 0 spiro atoms. The molecule has 3 nitrogen and oxygen atoms in total. The van der Waals surface area contributed by atoms with Gasteiger partial charge in [0, 0.05) is 11.6 Å². The highest BCUT2D eigenvalue weighted by molar-refractivity contribution is 5.94. The van der Waals surface area contributed by atoms with Crippen LogP contribution >= 0.6 is 0 Å². The van der Waals surface area contributed by atoms with Crippen molar-refractivity contribution in [3.05, 3.63) is 65.7 Å². The van der Waals surface area contributed by atoms with Crippen LogP contribution in [0.3, 0.4) is 0 Å². The van der Waals surface area contributed by atoms with Crippen molar-refractivity contribution >= 4 is 5.91 Å². The molecule has 0 aromatic heterocycles. The van der Waals surface area contributed by atoms with Crippen molar-refractivity contribution in [3.63, 3.8) is 0 Å². The van der Waals surface area contributed by atoms with Gasteiger partial charge in [-0.25, -0.2) is 0 Å². The Labute approximate surface area is 150 Å². The predicted octanol–water partition coefficient (Wildman–Crippen LogP) is 4.82. The fraction of sp³-hybridized carbons (Fsp3) is 0.409. The molecule has 3 atom stereocenters. The molecule has 0 bridgehead atoms. The lowest BCUT2D eigenvalue weighted by molar-refractivity contribution is 0.0890. The van der Waals surface area contributed by atoms with E-state index in [1.807, 2.05) is 54.6 Å². The largest absolute Gasteiger partial charge is 0.489 e. The van der Waals surface area contributed by atoms with Gasteiger partial charge in [0.25, 0.3) is 5.91 Å². The second kappa shape index (κ2) is 8.19. The zero-order chi connectivity index (χ0) is 17.6. The molecule has 3 unspecified atom stereocenters. The first-order chi connectivity index (χ1) is 12.1. The van der Waals surface area contributed by atoms with Crippen LogP contribution in [0.25, 0.3) is 0 Å². The van der Waals surface area contributed by atoms with E-state index in [1.165, 1.54) is 12.8 Å². The molecule has 0 saturated heterocycles. The number of ether oxygens (including phenoxy) is 1. The lowest BCUT2D eigenvalue weighted by atomic mass is 9.78. The van der Waals surface area contributed by atoms with Gasteiger partial charge in [-0.15, -0.1) is 0 Å². The van der Waals surface area contributed by atoms with Crippen LogP contribution in [0.15, 0.2) is 54.6 Å². The summed E-state index contributed by atoms with van der Waals surface area (Å²) in [6, 6.07) is 17.8. The number of amides is 1. The van der Waals surface area contributed by atoms with Gasteiger partial charge < -0.3 is 10.1 Å². The Balaban J connectivity index is 1.61. The van der Waals surface area contributed by atoms with Crippen LogP contribution in [0.1, 0.15) is 49.0 Å². The van der Waals surface area contributed by atoms with Crippen molar-refractivity contribution in [1.29, 1.82) is 0 Å². The molecule has 2 aromatic carbocycles. The summed E-state index contributed by atoms with van der Waals surface area (Å²) in [4.78, 5) is 12.6. The minimum atomic E-state index is -0.00360. The van der Waals surface area contributed by atoms with E-state index in [0.29, 0.717) is 24.0 Å². The highest BCUT2D eigenvalue weighted by Gasteiger charge is 2.28. The second-order valence-electron chi connectivity index (χ2n) is 7.15. The molecule has 3 rings (SSSR count). The summed E-state index contributed by atoms with van der Waals surface area (Å²) in [5, 5.41) is 3.22. The first-order valence-electron chi connectivity index (χ1n) is 9.21. The average Bonchev–Trinajstić information content (AvgIpc) is 2.65. The van der Waals surface area contributed by atoms with Crippen LogP contribution in [-0.2, 0) is 6.61 Å². The van der Waals surface area contributed by atoms with Crippen molar-refractivity contribution < 1.29 is 9.53 Å². The summed E-state index contributed by atoms with van der Waals surface area (Å²) in [5.41, 5.74) is 1.78. The quantitative estimate of drug-likeness (QED) is 0.849. The fourth-order valence-corrected chi connectivity index (χ4v) is 3.51. The molecule has 1 N–H and O–H groups in total. The second-order valence-corrected chi connectivity index (χ2v) is 7.15. The number of benzene rings is 2. The lowest BCUT2D eigenvalue weighted by Gasteiger charge is -2.34. The normalized spacial score (nSPS) is 23.0. The first kappa shape index (κ1) is 17.5. The third kappa shape index (κ3) is 4.62. The van der Waals surface area contributed by atoms with Crippen LogP contribution in [0, 0.1) is 11.8 Å². The Morgan fingerprint density at radius 3 is 2.68 bits per heavy atom. The van der Waals surface area contributed by atoms with E-state index in [2.05, 4.69) is 19.2 Å². The number of hydrogen-bond donors (Lipinski definition) is 1. The Bertz CT molecular complexity index is 698. The van der Waals surface area contributed by atoms with E-state index in [4.69, 9.17) is 4.74 Å². The van der Waals surface area contributed by atoms with Crippen LogP contribution in [0.2, 0.25) is 0 Å². The molecule has 2 aromatic rings. The molecule has 25 heavy (non-hydrogen) atoms. The standard InChI is InChI=1S/C22H27NO2/c1-16-8-6-13-21(17(16)2)23-22(24)19-11-7-12-20(14-19)25-15-18-9-4-3-5-10-18/h3-5,7,9-12,14,16-17,21H,6,8,13,15H2,1-2H3,(H,23,24). The van der Waals surface area contributed by atoms with Gasteiger partial charge in [0.05, 0.1) is 0 Å². The fourth-order valence-electron chi connectivity index (χ4n) is 3.51. The Hall–Kier alpha value is -2.29. The predicted molar refractivity (Wildman–Crippen MR) is 101 cm³/mol. The minimum absolute atomic E-state index is 0.00360. The smallest absolute Gasteiger partial charge is 0.251 e. The van der Waals surface area contributed by atoms with Crippen LogP contribution < -0.4 is 10.1 Å². The highest BCUT2D eigenvalue weighted by Crippen LogP contribution is 2.29. The lowest BCUT2D eigenvalue weighted by Crippen LogP contribution is -2.43. The minimum Gasteiger partial charge on any atom is -0.489 e. The van der Waals surface area contributed by atoms with Gasteiger partial charge in [-0.2, -0.15) is 0 Å². The van der Waals surface area contributed by atoms with E-state index < -0.39 is 0 Å². The number of carbonyl (C=O) groups excluding carboxylic acids is 1. The summed E-state index contributed by atoms with van der Waals surface area (Å²) in [6.45, 7) is 5.03. The monoisotopic (exact) mass is 337 g/mol. The van der Waals surface area contributed by atoms with Crippen molar-refractivity contribution in [1.82, 2.24) is 5.32 Å². The molecule has 1 saturated carbocycles. The molecule has 3 heteroatoms. The summed E-state index contributed by atoms with van der Waals surface area (Å²) >= 11 is 0. The maximum atomic E-state index is 12.6. The Morgan fingerprint density at radius 1 is 1.08 bits per heavy atom. The van der Waals surface area contributed by atoms with E-state index in [0.717, 1.165) is 17.7 Å². The van der Waals surface area contributed by atoms with Gasteiger partial charge in [0.1, 0.15) is 12.4 Å². The van der Waals surface area contributed by atoms with Gasteiger partial charge in [-0.1, -0.05) is 63.1 Å². The van der Waals surface area contributed by atoms with Gasteiger partial charge in [-0.05, 0) is 42.0 Å². The zero-order valence-electron chi connectivity index (χ0n) is 15.1. The number of rotatable bonds is 5. The van der Waals surface area contributed by atoms with E-state index in [1.54, 1.807) is 0 Å². The molecule has 1 fully saturated rings. The van der Waals surface area contributed by atoms with Crippen molar-refractivity contribution in [2.24, 2.45) is 11.8 Å². The van der Waals surface area contributed by atoms with E-state index in [9.17, 15) is 4.79 Å². The molecule has 0 radical (unpaired) electrons. The zero-order valence-corrected chi connectivity index (χ0v) is 15.1. The highest BCUT2D eigenvalue weighted by atomic mass is 16.5. The van der Waals surface area contributed by atoms with Crippen LogP contribution in [0.5, 0.6) is 5.75 Å². The number of hydrogen-bond acceptors (Lipinski definition) is 2. The molecule has 0 aliphatic heterocycles. The molecular formula is C22H27NO2. The molecular weight excluding hydrogens is 310 g/mol. The van der Waals surface area contributed by atoms with Gasteiger partial charge in [0.15, 0.2) is 0 Å². The van der Waals surface area contributed by atoms with Crippen molar-refractivity contribution in [2.75, 3.05) is 0 Å². The maximum Gasteiger partial charge on any atom is 0.251 e. The van der Waals surface area contributed by atoms with Crippen LogP contribution in [-0.4, -0.2) is 11.9 Å². The Kier molecular flexibility index (Phi) is 5.75. The maximum absolute atomic E-state index is 12.6. The van der Waals surface area contributed by atoms with Gasteiger partial charge >= 0.3 is 0 Å². The van der Waals surface area contributed by atoms with Gasteiger partial charge in [-0.3, -0.25) is 4.79 Å². The summed E-state index contributed by atoms with van der Waals surface area (Å²) in [6.07, 6.45) is 3.52.